The molecule has 0 radical (unpaired) electrons. The molecule has 262 valence electrons. The second kappa shape index (κ2) is 12.2. The van der Waals surface area contributed by atoms with Crippen molar-refractivity contribution in [1.82, 2.24) is 0 Å². The molecule has 9 N–H and O–H groups in total. The van der Waals surface area contributed by atoms with E-state index in [2.05, 4.69) is 0 Å². The number of benzene rings is 4. The summed E-state index contributed by atoms with van der Waals surface area (Å²) in [4.78, 5) is 52.6. The highest BCUT2D eigenvalue weighted by Crippen LogP contribution is 2.56. The summed E-state index contributed by atoms with van der Waals surface area (Å²) in [5, 5.41) is 94.1. The van der Waals surface area contributed by atoms with Crippen molar-refractivity contribution in [3.63, 3.8) is 0 Å². The van der Waals surface area contributed by atoms with Crippen LogP contribution in [0.25, 0.3) is 0 Å². The molecule has 7 atom stereocenters. The van der Waals surface area contributed by atoms with Gasteiger partial charge in [-0.1, -0.05) is 24.3 Å². The summed E-state index contributed by atoms with van der Waals surface area (Å²) in [7, 11) is 0. The molecule has 2 aliphatic carbocycles. The minimum absolute atomic E-state index is 0.0489. The zero-order valence-electron chi connectivity index (χ0n) is 26.0. The summed E-state index contributed by atoms with van der Waals surface area (Å²) in [5.74, 6) is -9.35. The number of ether oxygens (including phenoxy) is 2. The van der Waals surface area contributed by atoms with Crippen LogP contribution in [0, 0.1) is 0 Å². The van der Waals surface area contributed by atoms with Gasteiger partial charge in [-0.2, -0.15) is 0 Å². The number of fused-ring (bicyclic) bond motifs is 4. The molecule has 51 heavy (non-hydrogen) atoms. The fourth-order valence-corrected chi connectivity index (χ4v) is 7.34. The summed E-state index contributed by atoms with van der Waals surface area (Å²) in [6.07, 6.45) is -8.55. The Kier molecular flexibility index (Phi) is 8.04. The molecule has 0 aromatic heterocycles. The first kappa shape index (κ1) is 33.6. The third kappa shape index (κ3) is 5.09. The Balaban J connectivity index is 1.52. The molecule has 0 bridgehead atoms. The minimum Gasteiger partial charge on any atom is -0.507 e. The molecular formula is C36H28O15. The van der Waals surface area contributed by atoms with Crippen molar-refractivity contribution in [2.45, 2.75) is 42.5 Å². The van der Waals surface area contributed by atoms with Crippen LogP contribution in [-0.4, -0.2) is 107 Å². The van der Waals surface area contributed by atoms with Crippen LogP contribution in [0.3, 0.4) is 0 Å². The maximum absolute atomic E-state index is 14.4. The Morgan fingerprint density at radius 1 is 0.627 bits per heavy atom. The fraction of sp³-hybridized carbons (Fsp3) is 0.222. The van der Waals surface area contributed by atoms with Gasteiger partial charge in [0.05, 0.1) is 40.0 Å². The quantitative estimate of drug-likeness (QED) is 0.138. The normalized spacial score (nSPS) is 24.9. The number of aromatic carboxylic acids is 2. The van der Waals surface area contributed by atoms with Crippen molar-refractivity contribution in [3.8, 4) is 23.0 Å². The van der Waals surface area contributed by atoms with Crippen LogP contribution in [0.4, 0.5) is 0 Å². The van der Waals surface area contributed by atoms with Crippen LogP contribution < -0.4 is 4.74 Å². The van der Waals surface area contributed by atoms with E-state index in [9.17, 15) is 65.1 Å². The predicted octanol–water partition coefficient (Wildman–Crippen LogP) is 1.43. The molecule has 7 rings (SSSR count). The van der Waals surface area contributed by atoms with E-state index >= 15 is 0 Å². The number of carboxylic acid groups (broad SMARTS) is 2. The van der Waals surface area contributed by atoms with Gasteiger partial charge < -0.3 is 55.4 Å². The average Bonchev–Trinajstić information content (AvgIpc) is 3.08. The van der Waals surface area contributed by atoms with Crippen LogP contribution in [-0.2, 0) is 4.74 Å². The van der Waals surface area contributed by atoms with Crippen LogP contribution >= 0.6 is 0 Å². The number of aliphatic hydroxyl groups is 4. The van der Waals surface area contributed by atoms with Gasteiger partial charge in [-0.25, -0.2) is 9.59 Å². The number of ketones is 2. The number of aliphatic hydroxyl groups excluding tert-OH is 4. The Bertz CT molecular complexity index is 2170. The van der Waals surface area contributed by atoms with Gasteiger partial charge in [-0.05, 0) is 58.7 Å². The van der Waals surface area contributed by atoms with E-state index in [1.54, 1.807) is 0 Å². The molecule has 3 aliphatic rings. The van der Waals surface area contributed by atoms with Crippen molar-refractivity contribution >= 4 is 23.5 Å². The first-order chi connectivity index (χ1) is 24.2. The van der Waals surface area contributed by atoms with Gasteiger partial charge in [-0.15, -0.1) is 0 Å². The summed E-state index contributed by atoms with van der Waals surface area (Å²) in [6.45, 7) is -0.775. The lowest BCUT2D eigenvalue weighted by molar-refractivity contribution is -0.277. The van der Waals surface area contributed by atoms with Gasteiger partial charge >= 0.3 is 11.9 Å². The van der Waals surface area contributed by atoms with Gasteiger partial charge in [-0.3, -0.25) is 9.59 Å². The van der Waals surface area contributed by atoms with E-state index in [1.165, 1.54) is 36.4 Å². The molecular weight excluding hydrogens is 672 g/mol. The highest BCUT2D eigenvalue weighted by molar-refractivity contribution is 6.18. The molecule has 15 nitrogen and oxygen atoms in total. The molecule has 1 saturated heterocycles. The van der Waals surface area contributed by atoms with Gasteiger partial charge in [0.1, 0.15) is 47.4 Å². The maximum Gasteiger partial charge on any atom is 0.335 e. The Morgan fingerprint density at radius 3 is 1.65 bits per heavy atom. The molecule has 1 fully saturated rings. The van der Waals surface area contributed by atoms with Crippen molar-refractivity contribution < 1.29 is 74.6 Å². The molecule has 15 heteroatoms. The standard InChI is InChI=1S/C36H28O15/c37-11-22-29(41)32(44)33(45)36(51-22)50-21-6-2-4-15-24(17-8-13(35(48)49)10-20(40)27(17)31(43)28(15)21)23-14-3-1-5-18(38)25(14)30(42)26-16(23)7-12(34(46)47)9-19(26)39/h1-10,22-24,29,32-33,36-41,44-45H,11H2,(H,46,47)(H,48,49)/t22-,23?,24?,29-,32+,33-,36-/m1/s1. The second-order valence-electron chi connectivity index (χ2n) is 12.4. The van der Waals surface area contributed by atoms with Crippen molar-refractivity contribution in [3.05, 3.63) is 116 Å². The first-order valence-electron chi connectivity index (χ1n) is 15.5. The molecule has 4 aromatic rings. The van der Waals surface area contributed by atoms with Gasteiger partial charge in [0, 0.05) is 11.8 Å². The fourth-order valence-electron chi connectivity index (χ4n) is 7.34. The summed E-state index contributed by atoms with van der Waals surface area (Å²) < 4.78 is 11.4. The summed E-state index contributed by atoms with van der Waals surface area (Å²) >= 11 is 0. The van der Waals surface area contributed by atoms with E-state index in [0.29, 0.717) is 0 Å². The number of phenols is 3. The monoisotopic (exact) mass is 700 g/mol. The lowest BCUT2D eigenvalue weighted by atomic mass is 9.63. The van der Waals surface area contributed by atoms with E-state index in [4.69, 9.17) is 9.47 Å². The highest BCUT2D eigenvalue weighted by atomic mass is 16.7. The summed E-state index contributed by atoms with van der Waals surface area (Å²) in [5.41, 5.74) is -1.98. The number of carbonyl (C=O) groups excluding carboxylic acids is 2. The number of hydrogen-bond acceptors (Lipinski definition) is 13. The van der Waals surface area contributed by atoms with E-state index < -0.39 is 101 Å². The molecule has 1 heterocycles. The number of aromatic hydroxyl groups is 3. The number of carboxylic acids is 2. The number of phenolic OH excluding ortho intramolecular Hbond substituents is 3. The third-order valence-electron chi connectivity index (χ3n) is 9.60. The number of carbonyl (C=O) groups is 4. The SMILES string of the molecule is O=C(O)c1cc(O)c2c(c1)C(C1c3cc(C(=O)O)cc(O)c3C(=O)c3c(O[C@@H]4O[C@H](CO)[C@@H](O)[C@H](O)[C@H]4O)cccc31)c1cccc(O)c1C2=O. The number of rotatable bonds is 6. The largest absolute Gasteiger partial charge is 0.507 e. The van der Waals surface area contributed by atoms with Crippen molar-refractivity contribution in [2.24, 2.45) is 0 Å². The summed E-state index contributed by atoms with van der Waals surface area (Å²) in [6, 6.07) is 12.3. The van der Waals surface area contributed by atoms with Crippen LogP contribution in [0.15, 0.2) is 60.7 Å². The van der Waals surface area contributed by atoms with Crippen LogP contribution in [0.5, 0.6) is 23.0 Å². The Hall–Kier alpha value is -5.84. The molecule has 0 amide bonds. The zero-order valence-corrected chi connectivity index (χ0v) is 26.0. The van der Waals surface area contributed by atoms with Crippen LogP contribution in [0.1, 0.15) is 86.6 Å². The van der Waals surface area contributed by atoms with E-state index in [-0.39, 0.29) is 50.3 Å². The van der Waals surface area contributed by atoms with Crippen LogP contribution in [0.2, 0.25) is 0 Å². The Morgan fingerprint density at radius 2 is 1.12 bits per heavy atom. The maximum atomic E-state index is 14.4. The lowest BCUT2D eigenvalue weighted by Crippen LogP contribution is -2.60. The third-order valence-corrected chi connectivity index (χ3v) is 9.60. The topological polar surface area (TPSA) is 269 Å². The van der Waals surface area contributed by atoms with Gasteiger partial charge in [0.15, 0.2) is 0 Å². The van der Waals surface area contributed by atoms with Crippen molar-refractivity contribution in [1.29, 1.82) is 0 Å². The smallest absolute Gasteiger partial charge is 0.335 e. The Labute approximate surface area is 286 Å². The van der Waals surface area contributed by atoms with E-state index in [1.807, 2.05) is 0 Å². The first-order valence-corrected chi connectivity index (χ1v) is 15.5. The van der Waals surface area contributed by atoms with Gasteiger partial charge in [0.2, 0.25) is 17.9 Å². The molecule has 4 aromatic carbocycles. The minimum atomic E-state index is -1.88. The molecule has 2 unspecified atom stereocenters. The lowest BCUT2D eigenvalue weighted by Gasteiger charge is -2.41. The van der Waals surface area contributed by atoms with E-state index in [0.717, 1.165) is 24.3 Å². The number of hydrogen-bond donors (Lipinski definition) is 9. The van der Waals surface area contributed by atoms with Gasteiger partial charge in [0.25, 0.3) is 0 Å². The molecule has 0 spiro atoms. The zero-order chi connectivity index (χ0) is 36.6. The van der Waals surface area contributed by atoms with Crippen molar-refractivity contribution in [2.75, 3.05) is 6.61 Å². The highest BCUT2D eigenvalue weighted by Gasteiger charge is 2.48. The second-order valence-corrected chi connectivity index (χ2v) is 12.4. The predicted molar refractivity (Wildman–Crippen MR) is 170 cm³/mol. The average molecular weight is 701 g/mol. The molecule has 0 saturated carbocycles. The molecule has 1 aliphatic heterocycles.